The third-order valence-corrected chi connectivity index (χ3v) is 5.97. The zero-order chi connectivity index (χ0) is 19.8. The summed E-state index contributed by atoms with van der Waals surface area (Å²) in [6.45, 7) is 4.61. The van der Waals surface area contributed by atoms with Crippen molar-refractivity contribution < 1.29 is 4.79 Å². The summed E-state index contributed by atoms with van der Waals surface area (Å²) in [5, 5.41) is 3.32. The van der Waals surface area contributed by atoms with Crippen molar-refractivity contribution in [2.75, 3.05) is 5.32 Å². The number of thioether (sulfide) groups is 1. The summed E-state index contributed by atoms with van der Waals surface area (Å²) in [6.07, 6.45) is 7.95. The molecule has 0 saturated carbocycles. The van der Waals surface area contributed by atoms with E-state index in [1.54, 1.807) is 0 Å². The van der Waals surface area contributed by atoms with E-state index in [1.807, 2.05) is 42.6 Å². The lowest BCUT2D eigenvalue weighted by atomic mass is 10.1. The smallest absolute Gasteiger partial charge is 0.221 e. The third kappa shape index (κ3) is 6.57. The van der Waals surface area contributed by atoms with Crippen LogP contribution in [0.4, 0.5) is 5.69 Å². The average Bonchev–Trinajstić information content (AvgIpc) is 3.19. The number of carbonyl (C=O) groups is 1. The lowest BCUT2D eigenvalue weighted by Crippen LogP contribution is -2.13. The number of imidazole rings is 1. The molecule has 1 aromatic heterocycles. The molecule has 146 valence electrons. The topological polar surface area (TPSA) is 46.9 Å². The van der Waals surface area contributed by atoms with Crippen LogP contribution in [0, 0.1) is 6.92 Å². The van der Waals surface area contributed by atoms with E-state index in [0.29, 0.717) is 5.25 Å². The Morgan fingerprint density at radius 1 is 1.11 bits per heavy atom. The minimum atomic E-state index is -0.0429. The summed E-state index contributed by atoms with van der Waals surface area (Å²) in [5.74, 6) is 0.909. The Labute approximate surface area is 171 Å². The van der Waals surface area contributed by atoms with Gasteiger partial charge in [-0.2, -0.15) is 11.8 Å². The van der Waals surface area contributed by atoms with E-state index < -0.39 is 0 Å². The molecular formula is C23H27N3OS. The fourth-order valence-electron chi connectivity index (χ4n) is 3.04. The number of amides is 1. The van der Waals surface area contributed by atoms with E-state index in [2.05, 4.69) is 58.2 Å². The number of benzene rings is 2. The molecule has 28 heavy (non-hydrogen) atoms. The highest BCUT2D eigenvalue weighted by Crippen LogP contribution is 2.24. The Morgan fingerprint density at radius 2 is 1.82 bits per heavy atom. The van der Waals surface area contributed by atoms with Gasteiger partial charge in [0.25, 0.3) is 0 Å². The second-order valence-corrected chi connectivity index (χ2v) is 8.38. The highest BCUT2D eigenvalue weighted by molar-refractivity contribution is 7.99. The summed E-state index contributed by atoms with van der Waals surface area (Å²) >= 11 is 1.98. The molecule has 0 spiro atoms. The molecule has 1 heterocycles. The molecule has 3 rings (SSSR count). The van der Waals surface area contributed by atoms with Gasteiger partial charge in [0.1, 0.15) is 0 Å². The Hall–Kier alpha value is -2.53. The lowest BCUT2D eigenvalue weighted by Gasteiger charge is -2.18. The van der Waals surface area contributed by atoms with Crippen LogP contribution in [0.3, 0.4) is 0 Å². The molecular weight excluding hydrogens is 366 g/mol. The first-order chi connectivity index (χ1) is 13.6. The van der Waals surface area contributed by atoms with Gasteiger partial charge < -0.3 is 9.88 Å². The minimum absolute atomic E-state index is 0.0429. The fourth-order valence-corrected chi connectivity index (χ4v) is 4.22. The third-order valence-electron chi connectivity index (χ3n) is 4.61. The SMILES string of the molecule is CC(=O)Nc1ccc(CSC(CCc2ccc(C)cc2)Cn2ccnc2)cc1. The number of hydrogen-bond acceptors (Lipinski definition) is 3. The van der Waals surface area contributed by atoms with Crippen LogP contribution >= 0.6 is 11.8 Å². The predicted molar refractivity (Wildman–Crippen MR) is 118 cm³/mol. The molecule has 0 aliphatic heterocycles. The summed E-state index contributed by atoms with van der Waals surface area (Å²) in [4.78, 5) is 15.3. The van der Waals surface area contributed by atoms with Crippen molar-refractivity contribution in [2.45, 2.75) is 44.2 Å². The Bertz CT molecular complexity index is 858. The standard InChI is InChI=1S/C23H27N3OS/c1-18-3-5-20(6-4-18)9-12-23(15-26-14-13-24-17-26)28-16-21-7-10-22(11-8-21)25-19(2)27/h3-8,10-11,13-14,17,23H,9,12,15-16H2,1-2H3,(H,25,27). The molecule has 0 saturated heterocycles. The molecule has 3 aromatic rings. The summed E-state index contributed by atoms with van der Waals surface area (Å²) in [5.41, 5.74) is 4.80. The largest absolute Gasteiger partial charge is 0.336 e. The van der Waals surface area contributed by atoms with Crippen molar-refractivity contribution in [3.05, 3.63) is 83.9 Å². The van der Waals surface area contributed by atoms with E-state index >= 15 is 0 Å². The maximum absolute atomic E-state index is 11.1. The summed E-state index contributed by atoms with van der Waals surface area (Å²) in [6, 6.07) is 16.9. The van der Waals surface area contributed by atoms with Gasteiger partial charge >= 0.3 is 0 Å². The zero-order valence-electron chi connectivity index (χ0n) is 16.5. The van der Waals surface area contributed by atoms with E-state index in [1.165, 1.54) is 23.6 Å². The molecule has 0 bridgehead atoms. The summed E-state index contributed by atoms with van der Waals surface area (Å²) in [7, 11) is 0. The van der Waals surface area contributed by atoms with Gasteiger partial charge in [0, 0.05) is 42.6 Å². The number of aromatic nitrogens is 2. The van der Waals surface area contributed by atoms with Crippen molar-refractivity contribution >= 4 is 23.4 Å². The van der Waals surface area contributed by atoms with Gasteiger partial charge in [-0.05, 0) is 43.0 Å². The Balaban J connectivity index is 1.58. The molecule has 1 atom stereocenters. The molecule has 0 radical (unpaired) electrons. The second kappa shape index (κ2) is 10.1. The normalized spacial score (nSPS) is 11.9. The second-order valence-electron chi connectivity index (χ2n) is 7.09. The first kappa shape index (κ1) is 20.2. The first-order valence-corrected chi connectivity index (χ1v) is 10.6. The van der Waals surface area contributed by atoms with Crippen LogP contribution in [0.25, 0.3) is 0 Å². The molecule has 0 aliphatic carbocycles. The average molecular weight is 394 g/mol. The molecule has 1 amide bonds. The molecule has 5 heteroatoms. The highest BCUT2D eigenvalue weighted by atomic mass is 32.2. The van der Waals surface area contributed by atoms with Gasteiger partial charge in [-0.25, -0.2) is 4.98 Å². The van der Waals surface area contributed by atoms with Gasteiger partial charge in [-0.3, -0.25) is 4.79 Å². The van der Waals surface area contributed by atoms with Crippen LogP contribution < -0.4 is 5.32 Å². The van der Waals surface area contributed by atoms with Gasteiger partial charge in [0.15, 0.2) is 0 Å². The maximum Gasteiger partial charge on any atom is 0.221 e. The van der Waals surface area contributed by atoms with E-state index in [0.717, 1.165) is 30.8 Å². The van der Waals surface area contributed by atoms with Crippen LogP contribution in [0.2, 0.25) is 0 Å². The van der Waals surface area contributed by atoms with Gasteiger partial charge in [-0.1, -0.05) is 42.0 Å². The van der Waals surface area contributed by atoms with Gasteiger partial charge in [0.05, 0.1) is 6.33 Å². The van der Waals surface area contributed by atoms with Crippen molar-refractivity contribution in [1.29, 1.82) is 0 Å². The predicted octanol–water partition coefficient (Wildman–Crippen LogP) is 5.08. The number of rotatable bonds is 9. The van der Waals surface area contributed by atoms with E-state index in [9.17, 15) is 4.79 Å². The van der Waals surface area contributed by atoms with Crippen LogP contribution in [0.15, 0.2) is 67.3 Å². The van der Waals surface area contributed by atoms with Crippen LogP contribution in [0.5, 0.6) is 0 Å². The van der Waals surface area contributed by atoms with Crippen LogP contribution in [-0.4, -0.2) is 20.7 Å². The van der Waals surface area contributed by atoms with Gasteiger partial charge in [-0.15, -0.1) is 0 Å². The van der Waals surface area contributed by atoms with Crippen molar-refractivity contribution in [3.63, 3.8) is 0 Å². The molecule has 0 fully saturated rings. The minimum Gasteiger partial charge on any atom is -0.336 e. The quantitative estimate of drug-likeness (QED) is 0.551. The lowest BCUT2D eigenvalue weighted by molar-refractivity contribution is -0.114. The van der Waals surface area contributed by atoms with Crippen LogP contribution in [-0.2, 0) is 23.5 Å². The fraction of sp³-hybridized carbons (Fsp3) is 0.304. The number of aryl methyl sites for hydroxylation is 2. The maximum atomic E-state index is 11.1. The number of carbonyl (C=O) groups excluding carboxylic acids is 1. The number of nitrogens with zero attached hydrogens (tertiary/aromatic N) is 2. The van der Waals surface area contributed by atoms with Gasteiger partial charge in [0.2, 0.25) is 5.91 Å². The van der Waals surface area contributed by atoms with Crippen LogP contribution in [0.1, 0.15) is 30.0 Å². The monoisotopic (exact) mass is 393 g/mol. The zero-order valence-corrected chi connectivity index (χ0v) is 17.3. The molecule has 2 aromatic carbocycles. The Morgan fingerprint density at radius 3 is 2.46 bits per heavy atom. The number of hydrogen-bond donors (Lipinski definition) is 1. The number of anilines is 1. The molecule has 1 unspecified atom stereocenters. The summed E-state index contributed by atoms with van der Waals surface area (Å²) < 4.78 is 2.16. The highest BCUT2D eigenvalue weighted by Gasteiger charge is 2.11. The van der Waals surface area contributed by atoms with Crippen molar-refractivity contribution in [3.8, 4) is 0 Å². The number of nitrogens with one attached hydrogen (secondary N) is 1. The van der Waals surface area contributed by atoms with Crippen molar-refractivity contribution in [2.24, 2.45) is 0 Å². The molecule has 4 nitrogen and oxygen atoms in total. The van der Waals surface area contributed by atoms with Crippen molar-refractivity contribution in [1.82, 2.24) is 9.55 Å². The molecule has 1 N–H and O–H groups in total. The van der Waals surface area contributed by atoms with E-state index in [-0.39, 0.29) is 5.91 Å². The Kier molecular flexibility index (Phi) is 7.31. The first-order valence-electron chi connectivity index (χ1n) is 9.58. The van der Waals surface area contributed by atoms with E-state index in [4.69, 9.17) is 0 Å². The molecule has 0 aliphatic rings.